The zero-order chi connectivity index (χ0) is 51.1. The average Bonchev–Trinajstić information content (AvgIpc) is 3.36. The largest absolute Gasteiger partial charge is 0.394 e. The fraction of sp³-hybridized carbons (Fsp3) is 0.983. The number of hydrogen-bond donors (Lipinski definition) is 8. The normalized spacial score (nSPS) is 20.2. The number of aliphatic hydroxyl groups excluding tert-OH is 7. The molecule has 9 unspecified atom stereocenters. The van der Waals surface area contributed by atoms with E-state index >= 15 is 0 Å². The highest BCUT2D eigenvalue weighted by Gasteiger charge is 2.44. The Bertz CT molecular complexity index is 1100. The SMILES string of the molecule is CCCCCCCCCCCCCCCCCCCCCCCCC(O)C(=O)NC(COC1OC(CO)C(O)C(O)C1O)C(O)C(O)CCCCCCCCCCCCCCCCCCCCCCC. The number of carbonyl (C=O) groups excluding carboxylic acids is 1. The van der Waals surface area contributed by atoms with Crippen LogP contribution < -0.4 is 5.32 Å². The standard InChI is InChI=1S/C59H117NO10/c1-3-5-7-9-11-13-15-17-19-21-23-25-27-29-31-33-35-37-39-41-43-45-47-52(63)58(68)60-50(49-69-59-57(67)56(66)55(65)53(48-61)70-59)54(64)51(62)46-44-42-40-38-36-34-32-30-28-26-24-22-20-18-16-14-12-10-8-6-4-2/h50-57,59,61-67H,3-49H2,1-2H3,(H,60,68). The number of aliphatic hydroxyl groups is 7. The maximum absolute atomic E-state index is 13.2. The third-order valence-electron chi connectivity index (χ3n) is 15.2. The molecule has 11 nitrogen and oxygen atoms in total. The molecule has 0 saturated carbocycles. The van der Waals surface area contributed by atoms with Crippen LogP contribution in [0, 0.1) is 0 Å². The highest BCUT2D eigenvalue weighted by atomic mass is 16.7. The molecule has 418 valence electrons. The molecule has 70 heavy (non-hydrogen) atoms. The summed E-state index contributed by atoms with van der Waals surface area (Å²) >= 11 is 0. The summed E-state index contributed by atoms with van der Waals surface area (Å²) in [6.45, 7) is 3.51. The number of carbonyl (C=O) groups is 1. The first-order chi connectivity index (χ1) is 34.2. The minimum absolute atomic E-state index is 0.267. The Labute approximate surface area is 430 Å². The fourth-order valence-corrected chi connectivity index (χ4v) is 10.2. The summed E-state index contributed by atoms with van der Waals surface area (Å²) in [6, 6.07) is -1.16. The van der Waals surface area contributed by atoms with Gasteiger partial charge in [-0.3, -0.25) is 4.79 Å². The first-order valence-corrected chi connectivity index (χ1v) is 30.4. The number of hydrogen-bond acceptors (Lipinski definition) is 10. The summed E-state index contributed by atoms with van der Waals surface area (Å²) in [7, 11) is 0. The molecular weight excluding hydrogens is 883 g/mol. The van der Waals surface area contributed by atoms with Gasteiger partial charge < -0.3 is 50.5 Å². The highest BCUT2D eigenvalue weighted by Crippen LogP contribution is 2.24. The maximum atomic E-state index is 13.2. The lowest BCUT2D eigenvalue weighted by molar-refractivity contribution is -0.303. The van der Waals surface area contributed by atoms with Gasteiger partial charge in [-0.25, -0.2) is 0 Å². The van der Waals surface area contributed by atoms with Gasteiger partial charge in [0, 0.05) is 0 Å². The molecule has 1 aliphatic heterocycles. The minimum atomic E-state index is -1.66. The van der Waals surface area contributed by atoms with Crippen molar-refractivity contribution in [2.24, 2.45) is 0 Å². The van der Waals surface area contributed by atoms with Gasteiger partial charge in [0.1, 0.15) is 36.6 Å². The van der Waals surface area contributed by atoms with E-state index in [-0.39, 0.29) is 6.42 Å². The van der Waals surface area contributed by atoms with Gasteiger partial charge in [-0.15, -0.1) is 0 Å². The Morgan fingerprint density at radius 2 is 0.743 bits per heavy atom. The van der Waals surface area contributed by atoms with Crippen molar-refractivity contribution < 1.29 is 50.0 Å². The summed E-state index contributed by atoms with van der Waals surface area (Å²) in [4.78, 5) is 13.2. The second kappa shape index (κ2) is 49.0. The van der Waals surface area contributed by atoms with Crippen molar-refractivity contribution in [1.82, 2.24) is 5.32 Å². The third-order valence-corrected chi connectivity index (χ3v) is 15.2. The van der Waals surface area contributed by atoms with Gasteiger partial charge >= 0.3 is 0 Å². The third kappa shape index (κ3) is 36.9. The minimum Gasteiger partial charge on any atom is -0.394 e. The van der Waals surface area contributed by atoms with Gasteiger partial charge in [0.05, 0.1) is 25.4 Å². The Hall–Kier alpha value is -0.890. The van der Waals surface area contributed by atoms with Crippen molar-refractivity contribution in [3.63, 3.8) is 0 Å². The van der Waals surface area contributed by atoms with Crippen molar-refractivity contribution in [2.45, 2.75) is 358 Å². The molecule has 1 amide bonds. The molecule has 0 aromatic heterocycles. The summed E-state index contributed by atoms with van der Waals surface area (Å²) in [5.74, 6) is -0.689. The maximum Gasteiger partial charge on any atom is 0.249 e. The zero-order valence-electron chi connectivity index (χ0n) is 45.8. The van der Waals surface area contributed by atoms with E-state index in [2.05, 4.69) is 19.2 Å². The second-order valence-corrected chi connectivity index (χ2v) is 21.8. The molecule has 0 aliphatic carbocycles. The lowest BCUT2D eigenvalue weighted by Crippen LogP contribution is -2.60. The van der Waals surface area contributed by atoms with Crippen LogP contribution in [-0.4, -0.2) is 110 Å². The topological polar surface area (TPSA) is 189 Å². The predicted octanol–water partition coefficient (Wildman–Crippen LogP) is 13.0. The van der Waals surface area contributed by atoms with Crippen LogP contribution in [0.4, 0.5) is 0 Å². The molecule has 1 heterocycles. The summed E-state index contributed by atoms with van der Waals surface area (Å²) in [5.41, 5.74) is 0. The first-order valence-electron chi connectivity index (χ1n) is 30.4. The van der Waals surface area contributed by atoms with Gasteiger partial charge in [-0.2, -0.15) is 0 Å². The summed E-state index contributed by atoms with van der Waals surface area (Å²) in [5, 5.41) is 76.3. The van der Waals surface area contributed by atoms with Gasteiger partial charge in [-0.1, -0.05) is 290 Å². The Balaban J connectivity index is 2.28. The molecule has 0 radical (unpaired) electrons. The Morgan fingerprint density at radius 1 is 0.443 bits per heavy atom. The smallest absolute Gasteiger partial charge is 0.249 e. The van der Waals surface area contributed by atoms with Crippen LogP contribution in [0.25, 0.3) is 0 Å². The lowest BCUT2D eigenvalue weighted by Gasteiger charge is -2.40. The molecule has 9 atom stereocenters. The average molecular weight is 1000 g/mol. The quantitative estimate of drug-likeness (QED) is 0.0272. The number of amides is 1. The number of ether oxygens (including phenoxy) is 2. The monoisotopic (exact) mass is 1000 g/mol. The van der Waals surface area contributed by atoms with Gasteiger partial charge in [-0.05, 0) is 12.8 Å². The van der Waals surface area contributed by atoms with Crippen LogP contribution in [0.1, 0.15) is 303 Å². The lowest BCUT2D eigenvalue weighted by atomic mass is 9.98. The predicted molar refractivity (Wildman–Crippen MR) is 289 cm³/mol. The number of rotatable bonds is 53. The van der Waals surface area contributed by atoms with Crippen molar-refractivity contribution >= 4 is 5.91 Å². The van der Waals surface area contributed by atoms with E-state index < -0.39 is 74.2 Å². The van der Waals surface area contributed by atoms with E-state index in [1.54, 1.807) is 0 Å². The van der Waals surface area contributed by atoms with Crippen LogP contribution in [0.3, 0.4) is 0 Å². The van der Waals surface area contributed by atoms with Gasteiger partial charge in [0.2, 0.25) is 5.91 Å². The van der Waals surface area contributed by atoms with Crippen LogP contribution in [0.15, 0.2) is 0 Å². The van der Waals surface area contributed by atoms with E-state index in [0.717, 1.165) is 38.5 Å². The van der Waals surface area contributed by atoms with Crippen LogP contribution in [-0.2, 0) is 14.3 Å². The number of unbranched alkanes of at least 4 members (excludes halogenated alkanes) is 41. The summed E-state index contributed by atoms with van der Waals surface area (Å²) in [6.07, 6.45) is 44.4. The molecule has 11 heteroatoms. The first kappa shape index (κ1) is 67.1. The van der Waals surface area contributed by atoms with Crippen molar-refractivity contribution in [2.75, 3.05) is 13.2 Å². The molecule has 1 fully saturated rings. The molecule has 1 saturated heterocycles. The molecule has 0 aromatic carbocycles. The van der Waals surface area contributed by atoms with E-state index in [1.165, 1.54) is 225 Å². The summed E-state index contributed by atoms with van der Waals surface area (Å²) < 4.78 is 11.2. The van der Waals surface area contributed by atoms with Crippen LogP contribution >= 0.6 is 0 Å². The fourth-order valence-electron chi connectivity index (χ4n) is 10.2. The van der Waals surface area contributed by atoms with Gasteiger partial charge in [0.15, 0.2) is 6.29 Å². The molecule has 0 spiro atoms. The van der Waals surface area contributed by atoms with Crippen molar-refractivity contribution in [3.8, 4) is 0 Å². The van der Waals surface area contributed by atoms with Crippen LogP contribution in [0.2, 0.25) is 0 Å². The van der Waals surface area contributed by atoms with Crippen LogP contribution in [0.5, 0.6) is 0 Å². The van der Waals surface area contributed by atoms with Crippen molar-refractivity contribution in [3.05, 3.63) is 0 Å². The molecule has 1 aliphatic rings. The van der Waals surface area contributed by atoms with E-state index in [0.29, 0.717) is 19.3 Å². The highest BCUT2D eigenvalue weighted by molar-refractivity contribution is 5.80. The van der Waals surface area contributed by atoms with E-state index in [9.17, 15) is 40.5 Å². The Morgan fingerprint density at radius 3 is 1.06 bits per heavy atom. The molecular formula is C59H117NO10. The molecule has 8 N–H and O–H groups in total. The molecule has 1 rings (SSSR count). The van der Waals surface area contributed by atoms with E-state index in [4.69, 9.17) is 9.47 Å². The molecule has 0 bridgehead atoms. The van der Waals surface area contributed by atoms with Gasteiger partial charge in [0.25, 0.3) is 0 Å². The Kier molecular flexibility index (Phi) is 47.0. The van der Waals surface area contributed by atoms with E-state index in [1.807, 2.05) is 0 Å². The molecule has 0 aromatic rings. The van der Waals surface area contributed by atoms with Crippen molar-refractivity contribution in [1.29, 1.82) is 0 Å². The zero-order valence-corrected chi connectivity index (χ0v) is 45.8. The number of nitrogens with one attached hydrogen (secondary N) is 1. The second-order valence-electron chi connectivity index (χ2n) is 21.8.